The standard InChI is InChI=1S/C7H12N4/c1-3-4-6-7(8)9-5(2)10-11-6/h3-4H2,1-2H3,(H2,8,9,10). The first kappa shape index (κ1) is 7.91. The van der Waals surface area contributed by atoms with Crippen molar-refractivity contribution in [1.29, 1.82) is 0 Å². The Bertz CT molecular complexity index is 246. The SMILES string of the molecule is CCCc1nnc(C)nc1N. The van der Waals surface area contributed by atoms with E-state index in [-0.39, 0.29) is 0 Å². The Kier molecular flexibility index (Phi) is 2.36. The summed E-state index contributed by atoms with van der Waals surface area (Å²) in [5.74, 6) is 1.14. The van der Waals surface area contributed by atoms with E-state index >= 15 is 0 Å². The zero-order chi connectivity index (χ0) is 8.27. The number of nitrogen functional groups attached to an aromatic ring is 1. The van der Waals surface area contributed by atoms with Crippen molar-refractivity contribution in [3.05, 3.63) is 11.5 Å². The van der Waals surface area contributed by atoms with Gasteiger partial charge >= 0.3 is 0 Å². The number of rotatable bonds is 2. The molecule has 0 aliphatic carbocycles. The molecule has 0 aromatic carbocycles. The first-order chi connectivity index (χ1) is 5.24. The van der Waals surface area contributed by atoms with Crippen LogP contribution < -0.4 is 5.73 Å². The molecule has 1 rings (SSSR count). The monoisotopic (exact) mass is 152 g/mol. The molecule has 0 radical (unpaired) electrons. The molecule has 0 amide bonds. The fourth-order valence-corrected chi connectivity index (χ4v) is 0.860. The molecule has 1 aromatic heterocycles. The van der Waals surface area contributed by atoms with Gasteiger partial charge in [0.2, 0.25) is 0 Å². The van der Waals surface area contributed by atoms with Crippen LogP contribution in [-0.4, -0.2) is 15.2 Å². The second-order valence-corrected chi connectivity index (χ2v) is 2.44. The van der Waals surface area contributed by atoms with Crippen molar-refractivity contribution in [2.24, 2.45) is 0 Å². The van der Waals surface area contributed by atoms with E-state index < -0.39 is 0 Å². The number of hydrogen-bond acceptors (Lipinski definition) is 4. The molecule has 0 unspecified atom stereocenters. The molecule has 4 heteroatoms. The van der Waals surface area contributed by atoms with Crippen molar-refractivity contribution < 1.29 is 0 Å². The van der Waals surface area contributed by atoms with E-state index in [1.165, 1.54) is 0 Å². The van der Waals surface area contributed by atoms with Gasteiger partial charge in [0.1, 0.15) is 17.3 Å². The Morgan fingerprint density at radius 1 is 1.36 bits per heavy atom. The molecule has 0 fully saturated rings. The number of nitrogens with two attached hydrogens (primary N) is 1. The lowest BCUT2D eigenvalue weighted by Gasteiger charge is -2.00. The molecule has 0 aliphatic rings. The third-order valence-electron chi connectivity index (χ3n) is 1.38. The van der Waals surface area contributed by atoms with E-state index in [4.69, 9.17) is 5.73 Å². The predicted molar refractivity (Wildman–Crippen MR) is 43.0 cm³/mol. The fourth-order valence-electron chi connectivity index (χ4n) is 0.860. The molecule has 11 heavy (non-hydrogen) atoms. The molecule has 0 aliphatic heterocycles. The van der Waals surface area contributed by atoms with E-state index in [0.29, 0.717) is 11.6 Å². The molecule has 1 aromatic rings. The highest BCUT2D eigenvalue weighted by molar-refractivity contribution is 5.32. The lowest BCUT2D eigenvalue weighted by molar-refractivity contribution is 0.802. The first-order valence-electron chi connectivity index (χ1n) is 3.69. The van der Waals surface area contributed by atoms with Crippen LogP contribution in [0, 0.1) is 6.92 Å². The molecule has 0 bridgehead atoms. The minimum atomic E-state index is 0.513. The van der Waals surface area contributed by atoms with Gasteiger partial charge in [-0.1, -0.05) is 13.3 Å². The van der Waals surface area contributed by atoms with Crippen molar-refractivity contribution in [2.75, 3.05) is 5.73 Å². The van der Waals surface area contributed by atoms with Gasteiger partial charge in [0, 0.05) is 0 Å². The van der Waals surface area contributed by atoms with Gasteiger partial charge in [0.05, 0.1) is 0 Å². The molecule has 60 valence electrons. The maximum atomic E-state index is 5.59. The molecule has 4 nitrogen and oxygen atoms in total. The molecule has 0 atom stereocenters. The number of anilines is 1. The Labute approximate surface area is 65.9 Å². The van der Waals surface area contributed by atoms with E-state index in [2.05, 4.69) is 22.1 Å². The molecular formula is C7H12N4. The summed E-state index contributed by atoms with van der Waals surface area (Å²) in [7, 11) is 0. The number of aryl methyl sites for hydroxylation is 2. The second-order valence-electron chi connectivity index (χ2n) is 2.44. The van der Waals surface area contributed by atoms with Crippen molar-refractivity contribution in [3.63, 3.8) is 0 Å². The lowest BCUT2D eigenvalue weighted by atomic mass is 10.2. The van der Waals surface area contributed by atoms with E-state index in [0.717, 1.165) is 18.5 Å². The molecule has 0 spiro atoms. The van der Waals surface area contributed by atoms with Crippen LogP contribution in [0.5, 0.6) is 0 Å². The van der Waals surface area contributed by atoms with E-state index in [1.54, 1.807) is 6.92 Å². The maximum Gasteiger partial charge on any atom is 0.150 e. The van der Waals surface area contributed by atoms with Gasteiger partial charge in [-0.2, -0.15) is 0 Å². The van der Waals surface area contributed by atoms with Crippen LogP contribution in [-0.2, 0) is 6.42 Å². The van der Waals surface area contributed by atoms with E-state index in [1.807, 2.05) is 0 Å². The third-order valence-corrected chi connectivity index (χ3v) is 1.38. The number of hydrogen-bond donors (Lipinski definition) is 1. The third kappa shape index (κ3) is 1.86. The molecule has 0 saturated heterocycles. The lowest BCUT2D eigenvalue weighted by Crippen LogP contribution is -2.04. The topological polar surface area (TPSA) is 64.7 Å². The Balaban J connectivity index is 2.90. The van der Waals surface area contributed by atoms with Gasteiger partial charge < -0.3 is 5.73 Å². The second kappa shape index (κ2) is 3.27. The highest BCUT2D eigenvalue weighted by atomic mass is 15.2. The van der Waals surface area contributed by atoms with Gasteiger partial charge in [0.25, 0.3) is 0 Å². The minimum absolute atomic E-state index is 0.513. The van der Waals surface area contributed by atoms with Crippen LogP contribution in [0.1, 0.15) is 24.9 Å². The summed E-state index contributed by atoms with van der Waals surface area (Å²) in [5.41, 5.74) is 6.40. The molecule has 2 N–H and O–H groups in total. The van der Waals surface area contributed by atoms with Crippen molar-refractivity contribution in [3.8, 4) is 0 Å². The van der Waals surface area contributed by atoms with Crippen LogP contribution in [0.2, 0.25) is 0 Å². The zero-order valence-corrected chi connectivity index (χ0v) is 6.83. The maximum absolute atomic E-state index is 5.59. The smallest absolute Gasteiger partial charge is 0.150 e. The molecular weight excluding hydrogens is 140 g/mol. The summed E-state index contributed by atoms with van der Waals surface area (Å²) in [6.45, 7) is 3.85. The number of nitrogens with zero attached hydrogens (tertiary/aromatic N) is 3. The summed E-state index contributed by atoms with van der Waals surface area (Å²) in [6, 6.07) is 0. The van der Waals surface area contributed by atoms with Crippen molar-refractivity contribution in [1.82, 2.24) is 15.2 Å². The normalized spacial score (nSPS) is 10.0. The fraction of sp³-hybridized carbons (Fsp3) is 0.571. The van der Waals surface area contributed by atoms with Crippen LogP contribution in [0.25, 0.3) is 0 Å². The van der Waals surface area contributed by atoms with E-state index in [9.17, 15) is 0 Å². The van der Waals surface area contributed by atoms with Crippen molar-refractivity contribution in [2.45, 2.75) is 26.7 Å². The quantitative estimate of drug-likeness (QED) is 0.678. The van der Waals surface area contributed by atoms with Crippen LogP contribution in [0.15, 0.2) is 0 Å². The van der Waals surface area contributed by atoms with Gasteiger partial charge in [-0.25, -0.2) is 4.98 Å². The van der Waals surface area contributed by atoms with Crippen LogP contribution in [0.3, 0.4) is 0 Å². The summed E-state index contributed by atoms with van der Waals surface area (Å²) >= 11 is 0. The summed E-state index contributed by atoms with van der Waals surface area (Å²) < 4.78 is 0. The average molecular weight is 152 g/mol. The Morgan fingerprint density at radius 2 is 2.09 bits per heavy atom. The summed E-state index contributed by atoms with van der Waals surface area (Å²) in [5, 5.41) is 7.75. The largest absolute Gasteiger partial charge is 0.382 e. The van der Waals surface area contributed by atoms with Crippen LogP contribution in [0.4, 0.5) is 5.82 Å². The Hall–Kier alpha value is -1.19. The highest BCUT2D eigenvalue weighted by Crippen LogP contribution is 2.05. The van der Waals surface area contributed by atoms with Crippen LogP contribution >= 0.6 is 0 Å². The summed E-state index contributed by atoms with van der Waals surface area (Å²) in [6.07, 6.45) is 1.87. The average Bonchev–Trinajstić information content (AvgIpc) is 1.95. The number of aromatic nitrogens is 3. The highest BCUT2D eigenvalue weighted by Gasteiger charge is 2.01. The predicted octanol–water partition coefficient (Wildman–Crippen LogP) is 0.715. The zero-order valence-electron chi connectivity index (χ0n) is 6.83. The van der Waals surface area contributed by atoms with Gasteiger partial charge in [0.15, 0.2) is 0 Å². The summed E-state index contributed by atoms with van der Waals surface area (Å²) in [4.78, 5) is 4.00. The van der Waals surface area contributed by atoms with Gasteiger partial charge in [-0.15, -0.1) is 10.2 Å². The van der Waals surface area contributed by atoms with Crippen molar-refractivity contribution >= 4 is 5.82 Å². The first-order valence-corrected chi connectivity index (χ1v) is 3.69. The minimum Gasteiger partial charge on any atom is -0.382 e. The van der Waals surface area contributed by atoms with Gasteiger partial charge in [-0.3, -0.25) is 0 Å². The molecule has 1 heterocycles. The Morgan fingerprint density at radius 3 is 2.64 bits per heavy atom. The van der Waals surface area contributed by atoms with Gasteiger partial charge in [-0.05, 0) is 13.3 Å². The molecule has 0 saturated carbocycles.